The van der Waals surface area contributed by atoms with Crippen molar-refractivity contribution in [2.45, 2.75) is 38.7 Å². The van der Waals surface area contributed by atoms with Crippen LogP contribution in [0.3, 0.4) is 0 Å². The molecule has 144 valence electrons. The van der Waals surface area contributed by atoms with Crippen molar-refractivity contribution in [3.63, 3.8) is 0 Å². The topological polar surface area (TPSA) is 95.3 Å². The first-order valence-corrected chi connectivity index (χ1v) is 9.28. The minimum Gasteiger partial charge on any atom is -0.375 e. The van der Waals surface area contributed by atoms with Crippen molar-refractivity contribution < 1.29 is 9.53 Å². The van der Waals surface area contributed by atoms with Crippen LogP contribution in [0.25, 0.3) is 0 Å². The molecule has 1 aromatic heterocycles. The SMILES string of the molecule is Cc1[nH]c(=O)[nH]c(=O)c1CC(=O)N1CCO[C@@H](CCCc2ccccc2)C1. The minimum absolute atomic E-state index is 0.0152. The van der Waals surface area contributed by atoms with Crippen LogP contribution in [-0.2, 0) is 22.4 Å². The Bertz CT molecular complexity index is 888. The van der Waals surface area contributed by atoms with Gasteiger partial charge in [0.15, 0.2) is 0 Å². The number of rotatable bonds is 6. The molecule has 7 nitrogen and oxygen atoms in total. The molecule has 0 aliphatic carbocycles. The lowest BCUT2D eigenvalue weighted by molar-refractivity contribution is -0.138. The van der Waals surface area contributed by atoms with Gasteiger partial charge in [0.25, 0.3) is 5.56 Å². The molecule has 2 N–H and O–H groups in total. The lowest BCUT2D eigenvalue weighted by Gasteiger charge is -2.33. The number of aryl methyl sites for hydroxylation is 2. The van der Waals surface area contributed by atoms with Gasteiger partial charge in [-0.1, -0.05) is 30.3 Å². The molecule has 0 saturated carbocycles. The number of H-pyrrole nitrogens is 2. The van der Waals surface area contributed by atoms with Gasteiger partial charge in [-0.15, -0.1) is 0 Å². The van der Waals surface area contributed by atoms with Gasteiger partial charge >= 0.3 is 5.69 Å². The summed E-state index contributed by atoms with van der Waals surface area (Å²) in [6.45, 7) is 3.19. The molecule has 0 radical (unpaired) electrons. The first-order valence-electron chi connectivity index (χ1n) is 9.28. The maximum Gasteiger partial charge on any atom is 0.325 e. The number of aromatic amines is 2. The van der Waals surface area contributed by atoms with Crippen molar-refractivity contribution in [3.8, 4) is 0 Å². The fourth-order valence-electron chi connectivity index (χ4n) is 3.40. The summed E-state index contributed by atoms with van der Waals surface area (Å²) < 4.78 is 5.80. The predicted octanol–water partition coefficient (Wildman–Crippen LogP) is 1.16. The van der Waals surface area contributed by atoms with Gasteiger partial charge in [0.2, 0.25) is 5.91 Å². The molecule has 1 saturated heterocycles. The Balaban J connectivity index is 1.53. The Kier molecular flexibility index (Phi) is 6.24. The van der Waals surface area contributed by atoms with Gasteiger partial charge in [-0.05, 0) is 31.7 Å². The molecule has 3 rings (SSSR count). The summed E-state index contributed by atoms with van der Waals surface area (Å²) in [5.41, 5.74) is 0.987. The monoisotopic (exact) mass is 371 g/mol. The minimum atomic E-state index is -0.557. The number of aromatic nitrogens is 2. The lowest BCUT2D eigenvalue weighted by Crippen LogP contribution is -2.46. The highest BCUT2D eigenvalue weighted by atomic mass is 16.5. The molecule has 0 bridgehead atoms. The van der Waals surface area contributed by atoms with Crippen molar-refractivity contribution in [3.05, 3.63) is 68.0 Å². The molecule has 1 aliphatic rings. The molecule has 27 heavy (non-hydrogen) atoms. The van der Waals surface area contributed by atoms with E-state index in [0.29, 0.717) is 31.0 Å². The number of carbonyl (C=O) groups excluding carboxylic acids is 1. The van der Waals surface area contributed by atoms with Crippen molar-refractivity contribution in [2.75, 3.05) is 19.7 Å². The second-order valence-electron chi connectivity index (χ2n) is 6.90. The predicted molar refractivity (Wildman–Crippen MR) is 102 cm³/mol. The second kappa shape index (κ2) is 8.81. The van der Waals surface area contributed by atoms with Gasteiger partial charge in [-0.3, -0.25) is 14.6 Å². The highest BCUT2D eigenvalue weighted by molar-refractivity contribution is 5.79. The van der Waals surface area contributed by atoms with Crippen LogP contribution in [-0.4, -0.2) is 46.6 Å². The van der Waals surface area contributed by atoms with Crippen LogP contribution in [0.2, 0.25) is 0 Å². The smallest absolute Gasteiger partial charge is 0.325 e. The average Bonchev–Trinajstić information content (AvgIpc) is 2.65. The van der Waals surface area contributed by atoms with E-state index in [-0.39, 0.29) is 18.4 Å². The molecule has 2 aromatic rings. The van der Waals surface area contributed by atoms with E-state index >= 15 is 0 Å². The van der Waals surface area contributed by atoms with E-state index in [9.17, 15) is 14.4 Å². The number of hydrogen-bond donors (Lipinski definition) is 2. The van der Waals surface area contributed by atoms with E-state index in [4.69, 9.17) is 4.74 Å². The fraction of sp³-hybridized carbons (Fsp3) is 0.450. The summed E-state index contributed by atoms with van der Waals surface area (Å²) in [6.07, 6.45) is 2.86. The number of benzene rings is 1. The summed E-state index contributed by atoms with van der Waals surface area (Å²) >= 11 is 0. The zero-order chi connectivity index (χ0) is 19.2. The molecule has 1 amide bonds. The Morgan fingerprint density at radius 1 is 1.22 bits per heavy atom. The van der Waals surface area contributed by atoms with E-state index in [1.807, 2.05) is 18.2 Å². The molecule has 1 atom stereocenters. The van der Waals surface area contributed by atoms with Crippen LogP contribution in [0, 0.1) is 6.92 Å². The van der Waals surface area contributed by atoms with Gasteiger partial charge in [0.1, 0.15) is 0 Å². The first-order chi connectivity index (χ1) is 13.0. The quantitative estimate of drug-likeness (QED) is 0.797. The molecule has 7 heteroatoms. The van der Waals surface area contributed by atoms with Gasteiger partial charge in [-0.25, -0.2) is 4.79 Å². The standard InChI is InChI=1S/C20H25N3O4/c1-14-17(19(25)22-20(26)21-14)12-18(24)23-10-11-27-16(13-23)9-5-8-15-6-3-2-4-7-15/h2-4,6-7,16H,5,8-13H2,1H3,(H2,21,22,25,26)/t16-/m0/s1. The van der Waals surface area contributed by atoms with Gasteiger partial charge in [0, 0.05) is 24.3 Å². The Labute approximate surface area is 157 Å². The van der Waals surface area contributed by atoms with Crippen LogP contribution < -0.4 is 11.2 Å². The number of nitrogens with zero attached hydrogens (tertiary/aromatic N) is 1. The third-order valence-corrected chi connectivity index (χ3v) is 4.91. The van der Waals surface area contributed by atoms with Crippen LogP contribution in [0.5, 0.6) is 0 Å². The number of hydrogen-bond acceptors (Lipinski definition) is 4. The number of nitrogens with one attached hydrogen (secondary N) is 2. The average molecular weight is 371 g/mol. The van der Waals surface area contributed by atoms with E-state index in [1.54, 1.807) is 11.8 Å². The van der Waals surface area contributed by atoms with Crippen molar-refractivity contribution in [1.29, 1.82) is 0 Å². The molecule has 0 spiro atoms. The molecule has 0 unspecified atom stereocenters. The van der Waals surface area contributed by atoms with Gasteiger partial charge in [-0.2, -0.15) is 0 Å². The van der Waals surface area contributed by atoms with Gasteiger partial charge < -0.3 is 14.6 Å². The van der Waals surface area contributed by atoms with Crippen LogP contribution in [0.4, 0.5) is 0 Å². The highest BCUT2D eigenvalue weighted by Gasteiger charge is 2.25. The molecular weight excluding hydrogens is 346 g/mol. The number of morpholine rings is 1. The number of ether oxygens (including phenoxy) is 1. The third kappa shape index (κ3) is 5.17. The maximum absolute atomic E-state index is 12.6. The zero-order valence-electron chi connectivity index (χ0n) is 15.5. The summed E-state index contributed by atoms with van der Waals surface area (Å²) in [4.78, 5) is 42.3. The van der Waals surface area contributed by atoms with Crippen molar-refractivity contribution in [1.82, 2.24) is 14.9 Å². The van der Waals surface area contributed by atoms with Crippen molar-refractivity contribution in [2.24, 2.45) is 0 Å². The Morgan fingerprint density at radius 3 is 2.74 bits per heavy atom. The van der Waals surface area contributed by atoms with Crippen molar-refractivity contribution >= 4 is 5.91 Å². The van der Waals surface area contributed by atoms with Crippen LogP contribution in [0.15, 0.2) is 39.9 Å². The number of amides is 1. The summed E-state index contributed by atoms with van der Waals surface area (Å²) in [5, 5.41) is 0. The normalized spacial score (nSPS) is 17.1. The zero-order valence-corrected chi connectivity index (χ0v) is 15.5. The molecule has 1 aromatic carbocycles. The highest BCUT2D eigenvalue weighted by Crippen LogP contribution is 2.14. The molecular formula is C20H25N3O4. The van der Waals surface area contributed by atoms with E-state index in [0.717, 1.165) is 19.3 Å². The fourth-order valence-corrected chi connectivity index (χ4v) is 3.40. The summed E-state index contributed by atoms with van der Waals surface area (Å²) in [5.74, 6) is -0.119. The summed E-state index contributed by atoms with van der Waals surface area (Å²) in [6, 6.07) is 10.3. The van der Waals surface area contributed by atoms with Crippen LogP contribution >= 0.6 is 0 Å². The largest absolute Gasteiger partial charge is 0.375 e. The third-order valence-electron chi connectivity index (χ3n) is 4.91. The number of carbonyl (C=O) groups is 1. The van der Waals surface area contributed by atoms with Crippen LogP contribution in [0.1, 0.15) is 29.7 Å². The van der Waals surface area contributed by atoms with Gasteiger partial charge in [0.05, 0.1) is 19.1 Å². The Morgan fingerprint density at radius 2 is 2.00 bits per heavy atom. The molecule has 1 aliphatic heterocycles. The maximum atomic E-state index is 12.6. The molecule has 2 heterocycles. The lowest BCUT2D eigenvalue weighted by atomic mass is 10.0. The second-order valence-corrected chi connectivity index (χ2v) is 6.90. The first kappa shape index (κ1) is 19.1. The Hall–Kier alpha value is -2.67. The summed E-state index contributed by atoms with van der Waals surface area (Å²) in [7, 11) is 0. The van der Waals surface area contributed by atoms with E-state index < -0.39 is 11.2 Å². The van der Waals surface area contributed by atoms with E-state index in [1.165, 1.54) is 5.56 Å². The van der Waals surface area contributed by atoms with E-state index in [2.05, 4.69) is 22.1 Å². The molecule has 1 fully saturated rings.